The minimum atomic E-state index is 0.0175. The third-order valence-electron chi connectivity index (χ3n) is 7.42. The monoisotopic (exact) mass is 406 g/mol. The standard InChI is InChI=1S/C26H27ClO2/c1-16(28)2-3-17-4-6-22(24(27)11-17)21-5-7-25(29)23(12-21)26-13-18-8-19(14-26)10-20(9-18)15-26/h2-7,11-12,18-20,29H,8-10,13-15H2,1H3/b3-2+. The number of carbonyl (C=O) groups excluding carboxylic acids is 1. The number of phenolic OH excluding ortho intramolecular Hbond substituents is 1. The smallest absolute Gasteiger partial charge is 0.152 e. The van der Waals surface area contributed by atoms with Crippen LogP contribution in [0.3, 0.4) is 0 Å². The summed E-state index contributed by atoms with van der Waals surface area (Å²) in [5.41, 5.74) is 4.21. The average Bonchev–Trinajstić information content (AvgIpc) is 2.66. The van der Waals surface area contributed by atoms with E-state index in [2.05, 4.69) is 6.07 Å². The predicted molar refractivity (Wildman–Crippen MR) is 118 cm³/mol. The fourth-order valence-corrected chi connectivity index (χ4v) is 6.95. The van der Waals surface area contributed by atoms with Gasteiger partial charge in [-0.3, -0.25) is 4.79 Å². The summed E-state index contributed by atoms with van der Waals surface area (Å²) in [6.07, 6.45) is 11.2. The molecule has 0 aliphatic heterocycles. The van der Waals surface area contributed by atoms with Crippen molar-refractivity contribution in [3.63, 3.8) is 0 Å². The number of aromatic hydroxyl groups is 1. The van der Waals surface area contributed by atoms with E-state index in [1.165, 1.54) is 45.4 Å². The van der Waals surface area contributed by atoms with Crippen LogP contribution in [0.15, 0.2) is 42.5 Å². The Balaban J connectivity index is 1.51. The number of halogens is 1. The first-order chi connectivity index (χ1) is 13.9. The lowest BCUT2D eigenvalue weighted by molar-refractivity contribution is -0.112. The molecule has 0 saturated heterocycles. The summed E-state index contributed by atoms with van der Waals surface area (Å²) in [6, 6.07) is 11.9. The van der Waals surface area contributed by atoms with Crippen LogP contribution in [0, 0.1) is 17.8 Å². The summed E-state index contributed by atoms with van der Waals surface area (Å²) >= 11 is 6.61. The second-order valence-corrected chi connectivity index (χ2v) is 10.0. The summed E-state index contributed by atoms with van der Waals surface area (Å²) in [6.45, 7) is 1.54. The van der Waals surface area contributed by atoms with Crippen LogP contribution < -0.4 is 0 Å². The molecule has 4 saturated carbocycles. The summed E-state index contributed by atoms with van der Waals surface area (Å²) in [4.78, 5) is 11.2. The van der Waals surface area contributed by atoms with E-state index < -0.39 is 0 Å². The zero-order valence-electron chi connectivity index (χ0n) is 16.8. The molecule has 150 valence electrons. The predicted octanol–water partition coefficient (Wildman–Crippen LogP) is 6.78. The Morgan fingerprint density at radius 2 is 1.69 bits per heavy atom. The number of carbonyl (C=O) groups is 1. The lowest BCUT2D eigenvalue weighted by Gasteiger charge is -2.57. The van der Waals surface area contributed by atoms with Gasteiger partial charge in [-0.15, -0.1) is 0 Å². The molecule has 29 heavy (non-hydrogen) atoms. The highest BCUT2D eigenvalue weighted by Crippen LogP contribution is 2.62. The van der Waals surface area contributed by atoms with E-state index in [9.17, 15) is 9.90 Å². The van der Waals surface area contributed by atoms with Crippen LogP contribution in [0.25, 0.3) is 17.2 Å². The van der Waals surface area contributed by atoms with Gasteiger partial charge in [0.15, 0.2) is 5.78 Å². The van der Waals surface area contributed by atoms with Gasteiger partial charge >= 0.3 is 0 Å². The number of benzene rings is 2. The highest BCUT2D eigenvalue weighted by Gasteiger charge is 2.52. The van der Waals surface area contributed by atoms with Crippen molar-refractivity contribution in [2.75, 3.05) is 0 Å². The van der Waals surface area contributed by atoms with E-state index in [1.807, 2.05) is 30.3 Å². The fourth-order valence-electron chi connectivity index (χ4n) is 6.65. The van der Waals surface area contributed by atoms with E-state index in [-0.39, 0.29) is 11.2 Å². The number of ketones is 1. The van der Waals surface area contributed by atoms with E-state index in [1.54, 1.807) is 12.2 Å². The fraction of sp³-hybridized carbons (Fsp3) is 0.423. The third-order valence-corrected chi connectivity index (χ3v) is 7.73. The molecule has 1 N–H and O–H groups in total. The van der Waals surface area contributed by atoms with Gasteiger partial charge in [0.25, 0.3) is 0 Å². The quantitative estimate of drug-likeness (QED) is 0.568. The minimum Gasteiger partial charge on any atom is -0.508 e. The Hall–Kier alpha value is -2.06. The molecule has 6 rings (SSSR count). The van der Waals surface area contributed by atoms with Gasteiger partial charge in [0, 0.05) is 16.1 Å². The van der Waals surface area contributed by atoms with Crippen LogP contribution in [-0.2, 0) is 10.2 Å². The first-order valence-corrected chi connectivity index (χ1v) is 11.1. The molecule has 0 unspecified atom stereocenters. The second kappa shape index (κ2) is 7.02. The number of rotatable bonds is 4. The molecule has 0 aromatic heterocycles. The molecule has 0 atom stereocenters. The molecule has 2 aromatic carbocycles. The SMILES string of the molecule is CC(=O)/C=C/c1ccc(-c2ccc(O)c(C34CC5CC(CC(C5)C3)C4)c2)c(Cl)c1. The van der Waals surface area contributed by atoms with Crippen molar-refractivity contribution in [1.29, 1.82) is 0 Å². The summed E-state index contributed by atoms with van der Waals surface area (Å²) in [5.74, 6) is 2.96. The Morgan fingerprint density at radius 1 is 1.03 bits per heavy atom. The number of allylic oxidation sites excluding steroid dienone is 1. The summed E-state index contributed by atoms with van der Waals surface area (Å²) in [5, 5.41) is 11.5. The number of hydrogen-bond acceptors (Lipinski definition) is 2. The van der Waals surface area contributed by atoms with E-state index in [0.717, 1.165) is 40.0 Å². The largest absolute Gasteiger partial charge is 0.508 e. The highest BCUT2D eigenvalue weighted by atomic mass is 35.5. The summed E-state index contributed by atoms with van der Waals surface area (Å²) in [7, 11) is 0. The molecule has 0 amide bonds. The van der Waals surface area contributed by atoms with Crippen molar-refractivity contribution in [3.05, 3.63) is 58.6 Å². The van der Waals surface area contributed by atoms with Crippen LogP contribution in [0.1, 0.15) is 56.6 Å². The molecule has 4 fully saturated rings. The lowest BCUT2D eigenvalue weighted by Crippen LogP contribution is -2.48. The number of phenols is 1. The van der Waals surface area contributed by atoms with Crippen molar-refractivity contribution >= 4 is 23.5 Å². The maximum Gasteiger partial charge on any atom is 0.152 e. The van der Waals surface area contributed by atoms with Gasteiger partial charge in [0.05, 0.1) is 0 Å². The van der Waals surface area contributed by atoms with Gasteiger partial charge < -0.3 is 5.11 Å². The van der Waals surface area contributed by atoms with Crippen molar-refractivity contribution in [3.8, 4) is 16.9 Å². The van der Waals surface area contributed by atoms with E-state index in [0.29, 0.717) is 10.8 Å². The Morgan fingerprint density at radius 3 is 2.28 bits per heavy atom. The van der Waals surface area contributed by atoms with Crippen molar-refractivity contribution < 1.29 is 9.90 Å². The maximum atomic E-state index is 11.2. The number of hydrogen-bond donors (Lipinski definition) is 1. The minimum absolute atomic E-state index is 0.0175. The first kappa shape index (κ1) is 18.9. The van der Waals surface area contributed by atoms with Gasteiger partial charge in [-0.05, 0) is 104 Å². The van der Waals surface area contributed by atoms with Crippen molar-refractivity contribution in [1.82, 2.24) is 0 Å². The average molecular weight is 407 g/mol. The van der Waals surface area contributed by atoms with Gasteiger partial charge in [0.1, 0.15) is 5.75 Å². The molecule has 0 heterocycles. The molecule has 3 heteroatoms. The van der Waals surface area contributed by atoms with Crippen LogP contribution in [0.4, 0.5) is 0 Å². The van der Waals surface area contributed by atoms with Crippen LogP contribution >= 0.6 is 11.6 Å². The van der Waals surface area contributed by atoms with E-state index >= 15 is 0 Å². The second-order valence-electron chi connectivity index (χ2n) is 9.61. The van der Waals surface area contributed by atoms with Crippen molar-refractivity contribution in [2.45, 2.75) is 50.9 Å². The highest BCUT2D eigenvalue weighted by molar-refractivity contribution is 6.33. The molecule has 0 radical (unpaired) electrons. The summed E-state index contributed by atoms with van der Waals surface area (Å²) < 4.78 is 0. The van der Waals surface area contributed by atoms with Gasteiger partial charge in [-0.2, -0.15) is 0 Å². The Bertz CT molecular complexity index is 968. The topological polar surface area (TPSA) is 37.3 Å². The zero-order chi connectivity index (χ0) is 20.2. The molecule has 4 bridgehead atoms. The lowest BCUT2D eigenvalue weighted by atomic mass is 9.48. The van der Waals surface area contributed by atoms with Gasteiger partial charge in [-0.25, -0.2) is 0 Å². The normalized spacial score (nSPS) is 30.2. The Labute approximate surface area is 177 Å². The molecule has 2 aromatic rings. The van der Waals surface area contributed by atoms with E-state index in [4.69, 9.17) is 11.6 Å². The molecule has 0 spiro atoms. The van der Waals surface area contributed by atoms with Crippen LogP contribution in [0.2, 0.25) is 5.02 Å². The van der Waals surface area contributed by atoms with Crippen molar-refractivity contribution in [2.24, 2.45) is 17.8 Å². The molecule has 2 nitrogen and oxygen atoms in total. The molecule has 4 aliphatic rings. The molecular formula is C26H27ClO2. The first-order valence-electron chi connectivity index (χ1n) is 10.7. The zero-order valence-corrected chi connectivity index (χ0v) is 17.6. The third kappa shape index (κ3) is 3.42. The maximum absolute atomic E-state index is 11.2. The van der Waals surface area contributed by atoms with Crippen LogP contribution in [0.5, 0.6) is 5.75 Å². The molecule has 4 aliphatic carbocycles. The van der Waals surface area contributed by atoms with Gasteiger partial charge in [-0.1, -0.05) is 35.9 Å². The molecular weight excluding hydrogens is 380 g/mol. The van der Waals surface area contributed by atoms with Gasteiger partial charge in [0.2, 0.25) is 0 Å². The Kier molecular flexibility index (Phi) is 4.58. The van der Waals surface area contributed by atoms with Crippen LogP contribution in [-0.4, -0.2) is 10.9 Å².